The Hall–Kier alpha value is -2.17. The third-order valence-electron chi connectivity index (χ3n) is 2.40. The minimum absolute atomic E-state index is 0.153. The summed E-state index contributed by atoms with van der Waals surface area (Å²) in [4.78, 5) is 22.4. The number of carbonyl (C=O) groups is 1. The molecule has 0 aliphatic heterocycles. The Kier molecular flexibility index (Phi) is 2.44. The maximum Gasteiger partial charge on any atom is 0.346 e. The highest BCUT2D eigenvalue weighted by atomic mass is 16.4. The molecular formula is C11H11N2O3+. The van der Waals surface area contributed by atoms with Crippen LogP contribution in [0.5, 0.6) is 0 Å². The summed E-state index contributed by atoms with van der Waals surface area (Å²) in [5.74, 6) is -0.933. The number of hydrogen-bond donors (Lipinski definition) is 1. The molecule has 2 aromatic rings. The van der Waals surface area contributed by atoms with E-state index in [1.807, 2.05) is 0 Å². The number of aromatic nitrogens is 2. The minimum atomic E-state index is -0.933. The van der Waals surface area contributed by atoms with Gasteiger partial charge in [0, 0.05) is 6.07 Å². The highest BCUT2D eigenvalue weighted by Crippen LogP contribution is 1.95. The van der Waals surface area contributed by atoms with Crippen molar-refractivity contribution < 1.29 is 14.5 Å². The summed E-state index contributed by atoms with van der Waals surface area (Å²) in [7, 11) is 0. The first kappa shape index (κ1) is 10.4. The molecule has 5 heteroatoms. The Morgan fingerprint density at radius 2 is 2.25 bits per heavy atom. The first-order chi connectivity index (χ1) is 7.59. The van der Waals surface area contributed by atoms with Crippen LogP contribution in [0.4, 0.5) is 0 Å². The Labute approximate surface area is 91.2 Å². The molecule has 0 atom stereocenters. The zero-order valence-corrected chi connectivity index (χ0v) is 8.75. The van der Waals surface area contributed by atoms with Crippen molar-refractivity contribution in [2.45, 2.75) is 13.5 Å². The molecule has 5 nitrogen and oxygen atoms in total. The lowest BCUT2D eigenvalue weighted by molar-refractivity contribution is -0.669. The summed E-state index contributed by atoms with van der Waals surface area (Å²) in [6.07, 6.45) is 1.62. The predicted octanol–water partition coefficient (Wildman–Crippen LogP) is -0.0200. The number of carboxylic acids is 1. The molecule has 16 heavy (non-hydrogen) atoms. The van der Waals surface area contributed by atoms with Crippen molar-refractivity contribution in [1.29, 1.82) is 0 Å². The molecule has 2 heterocycles. The van der Waals surface area contributed by atoms with E-state index in [2.05, 4.69) is 0 Å². The van der Waals surface area contributed by atoms with Gasteiger partial charge in [-0.1, -0.05) is 6.07 Å². The molecule has 0 spiro atoms. The van der Waals surface area contributed by atoms with E-state index < -0.39 is 5.97 Å². The zero-order valence-electron chi connectivity index (χ0n) is 8.75. The lowest BCUT2D eigenvalue weighted by Crippen LogP contribution is -2.45. The predicted molar refractivity (Wildman–Crippen MR) is 56.2 cm³/mol. The fourth-order valence-electron chi connectivity index (χ4n) is 1.69. The highest BCUT2D eigenvalue weighted by molar-refractivity contribution is 5.65. The van der Waals surface area contributed by atoms with E-state index in [1.54, 1.807) is 35.9 Å². The number of fused-ring (bicyclic) bond motifs is 1. The molecule has 0 amide bonds. The molecular weight excluding hydrogens is 208 g/mol. The summed E-state index contributed by atoms with van der Waals surface area (Å²) in [5, 5.41) is 8.81. The number of hydrogen-bond acceptors (Lipinski definition) is 2. The monoisotopic (exact) mass is 219 g/mol. The van der Waals surface area contributed by atoms with Crippen LogP contribution in [0.3, 0.4) is 0 Å². The van der Waals surface area contributed by atoms with Crippen LogP contribution in [0.1, 0.15) is 5.69 Å². The average molecular weight is 219 g/mol. The molecule has 0 bridgehead atoms. The van der Waals surface area contributed by atoms with Crippen LogP contribution >= 0.6 is 0 Å². The van der Waals surface area contributed by atoms with Gasteiger partial charge >= 0.3 is 11.5 Å². The molecule has 82 valence electrons. The average Bonchev–Trinajstić information content (AvgIpc) is 2.24. The van der Waals surface area contributed by atoms with Gasteiger partial charge < -0.3 is 5.11 Å². The van der Waals surface area contributed by atoms with E-state index in [1.165, 1.54) is 10.5 Å². The summed E-state index contributed by atoms with van der Waals surface area (Å²) >= 11 is 0. The second-order valence-electron chi connectivity index (χ2n) is 3.53. The Balaban J connectivity index is 2.81. The van der Waals surface area contributed by atoms with Crippen LogP contribution < -0.4 is 10.1 Å². The van der Waals surface area contributed by atoms with Gasteiger partial charge in [-0.3, -0.25) is 0 Å². The fraction of sp³-hybridized carbons (Fsp3) is 0.182. The first-order valence-corrected chi connectivity index (χ1v) is 4.82. The second-order valence-corrected chi connectivity index (χ2v) is 3.53. The summed E-state index contributed by atoms with van der Waals surface area (Å²) in [6.45, 7) is 1.57. The van der Waals surface area contributed by atoms with Crippen LogP contribution in [-0.2, 0) is 11.3 Å². The van der Waals surface area contributed by atoms with E-state index in [0.717, 1.165) is 0 Å². The number of pyridine rings is 1. The van der Waals surface area contributed by atoms with E-state index in [0.29, 0.717) is 11.3 Å². The lowest BCUT2D eigenvalue weighted by atomic mass is 10.3. The Morgan fingerprint density at radius 1 is 1.50 bits per heavy atom. The first-order valence-electron chi connectivity index (χ1n) is 4.82. The van der Waals surface area contributed by atoms with Crippen LogP contribution in [0.2, 0.25) is 0 Å². The molecule has 1 N–H and O–H groups in total. The van der Waals surface area contributed by atoms with Gasteiger partial charge in [-0.25, -0.2) is 14.2 Å². The van der Waals surface area contributed by atoms with E-state index >= 15 is 0 Å². The summed E-state index contributed by atoms with van der Waals surface area (Å²) < 4.78 is 3.01. The van der Waals surface area contributed by atoms with Crippen molar-refractivity contribution in [3.05, 3.63) is 46.5 Å². The van der Waals surface area contributed by atoms with Crippen LogP contribution in [0.15, 0.2) is 35.3 Å². The maximum atomic E-state index is 11.6. The van der Waals surface area contributed by atoms with Crippen LogP contribution in [0, 0.1) is 6.92 Å². The maximum absolute atomic E-state index is 11.6. The number of nitrogens with zero attached hydrogens (tertiary/aromatic N) is 2. The highest BCUT2D eigenvalue weighted by Gasteiger charge is 2.15. The van der Waals surface area contributed by atoms with Gasteiger partial charge in [0.05, 0.1) is 12.3 Å². The van der Waals surface area contributed by atoms with Crippen molar-refractivity contribution in [3.63, 3.8) is 0 Å². The Morgan fingerprint density at radius 3 is 2.94 bits per heavy atom. The summed E-state index contributed by atoms with van der Waals surface area (Å²) in [6, 6.07) is 6.65. The number of aliphatic carboxylic acids is 1. The SMILES string of the molecule is Cc1cc(=O)n2ccccc2[n+]1CC(=O)O. The van der Waals surface area contributed by atoms with E-state index in [4.69, 9.17) is 5.11 Å². The van der Waals surface area contributed by atoms with Gasteiger partial charge in [-0.15, -0.1) is 0 Å². The van der Waals surface area contributed by atoms with E-state index in [-0.39, 0.29) is 12.1 Å². The van der Waals surface area contributed by atoms with Gasteiger partial charge in [0.15, 0.2) is 6.54 Å². The second kappa shape index (κ2) is 3.77. The molecule has 2 aromatic heterocycles. The molecule has 0 saturated heterocycles. The quantitative estimate of drug-likeness (QED) is 0.722. The lowest BCUT2D eigenvalue weighted by Gasteiger charge is -2.03. The topological polar surface area (TPSA) is 62.7 Å². The number of carboxylic acid groups (broad SMARTS) is 1. The third-order valence-corrected chi connectivity index (χ3v) is 2.40. The van der Waals surface area contributed by atoms with Crippen molar-refractivity contribution in [1.82, 2.24) is 4.40 Å². The molecule has 0 aromatic carbocycles. The molecule has 0 aliphatic carbocycles. The number of rotatable bonds is 2. The molecule has 0 saturated carbocycles. The van der Waals surface area contributed by atoms with Gasteiger partial charge in [0.1, 0.15) is 5.69 Å². The Bertz CT molecular complexity index is 616. The molecule has 0 unspecified atom stereocenters. The zero-order chi connectivity index (χ0) is 11.7. The van der Waals surface area contributed by atoms with E-state index in [9.17, 15) is 9.59 Å². The molecule has 2 rings (SSSR count). The van der Waals surface area contributed by atoms with Crippen molar-refractivity contribution in [2.24, 2.45) is 0 Å². The van der Waals surface area contributed by atoms with Crippen molar-refractivity contribution in [3.8, 4) is 0 Å². The number of aryl methyl sites for hydroxylation is 1. The molecule has 0 aliphatic rings. The van der Waals surface area contributed by atoms with Crippen LogP contribution in [-0.4, -0.2) is 15.5 Å². The standard InChI is InChI=1S/C11H10N2O3/c1-8-6-10(14)12-5-3-2-4-9(12)13(8)7-11(15)16/h2-6H,7H2,1H3/p+1. The van der Waals surface area contributed by atoms with Gasteiger partial charge in [0.2, 0.25) is 0 Å². The van der Waals surface area contributed by atoms with Crippen LogP contribution in [0.25, 0.3) is 5.65 Å². The van der Waals surface area contributed by atoms with Gasteiger partial charge in [-0.05, 0) is 13.0 Å². The van der Waals surface area contributed by atoms with Crippen molar-refractivity contribution in [2.75, 3.05) is 0 Å². The van der Waals surface area contributed by atoms with Gasteiger partial charge in [-0.2, -0.15) is 4.40 Å². The summed E-state index contributed by atoms with van der Waals surface area (Å²) in [5.41, 5.74) is 1.06. The smallest absolute Gasteiger partial charge is 0.346 e. The molecule has 0 radical (unpaired) electrons. The minimum Gasteiger partial charge on any atom is -0.478 e. The third kappa shape index (κ3) is 1.67. The normalized spacial score (nSPS) is 10.6. The van der Waals surface area contributed by atoms with Gasteiger partial charge in [0.25, 0.3) is 5.65 Å². The fourth-order valence-corrected chi connectivity index (χ4v) is 1.69. The molecule has 0 fully saturated rings. The van der Waals surface area contributed by atoms with Crippen molar-refractivity contribution >= 4 is 11.6 Å². The largest absolute Gasteiger partial charge is 0.478 e.